The first-order chi connectivity index (χ1) is 8.46. The fraction of sp³-hybridized carbons (Fsp3) is 0.500. The summed E-state index contributed by atoms with van der Waals surface area (Å²) in [5.41, 5.74) is 6.32. The molecule has 0 aromatic heterocycles. The lowest BCUT2D eigenvalue weighted by atomic mass is 10.2. The van der Waals surface area contributed by atoms with Crippen molar-refractivity contribution in [2.24, 2.45) is 5.73 Å². The third-order valence-electron chi connectivity index (χ3n) is 3.21. The summed E-state index contributed by atoms with van der Waals surface area (Å²) >= 11 is 3.33. The number of benzene rings is 1. The first kappa shape index (κ1) is 13.8. The smallest absolute Gasteiger partial charge is 0.184 e. The molecule has 0 spiro atoms. The van der Waals surface area contributed by atoms with Crippen molar-refractivity contribution in [1.82, 2.24) is 0 Å². The molecular formula is C12H17BrN2O2S. The van der Waals surface area contributed by atoms with Crippen molar-refractivity contribution in [3.8, 4) is 0 Å². The number of hydrogen-bond donors (Lipinski definition) is 1. The maximum Gasteiger partial charge on any atom is 0.184 e. The van der Waals surface area contributed by atoms with Crippen molar-refractivity contribution in [2.75, 3.05) is 24.5 Å². The van der Waals surface area contributed by atoms with Crippen LogP contribution in [0, 0.1) is 0 Å². The minimum absolute atomic E-state index is 0.378. The van der Waals surface area contributed by atoms with E-state index in [4.69, 9.17) is 5.73 Å². The van der Waals surface area contributed by atoms with Crippen LogP contribution in [-0.4, -0.2) is 33.3 Å². The van der Waals surface area contributed by atoms with Gasteiger partial charge in [-0.2, -0.15) is 0 Å². The molecule has 2 N–H and O–H groups in total. The topological polar surface area (TPSA) is 63.4 Å². The van der Waals surface area contributed by atoms with Crippen LogP contribution >= 0.6 is 15.9 Å². The fourth-order valence-electron chi connectivity index (χ4n) is 2.19. The van der Waals surface area contributed by atoms with Gasteiger partial charge in [0, 0.05) is 17.6 Å². The first-order valence-corrected chi connectivity index (χ1v) is 8.29. The maximum atomic E-state index is 12.3. The lowest BCUT2D eigenvalue weighted by Gasteiger charge is -2.34. The van der Waals surface area contributed by atoms with E-state index in [-0.39, 0.29) is 5.25 Å². The summed E-state index contributed by atoms with van der Waals surface area (Å²) in [6, 6.07) is 5.43. The zero-order chi connectivity index (χ0) is 13.3. The third-order valence-corrected chi connectivity index (χ3v) is 5.85. The predicted octanol–water partition coefficient (Wildman–Crippen LogP) is 1.78. The van der Waals surface area contributed by atoms with Crippen LogP contribution in [0.2, 0.25) is 0 Å². The van der Waals surface area contributed by atoms with E-state index < -0.39 is 9.84 Å². The molecule has 1 aliphatic heterocycles. The molecule has 2 rings (SSSR count). The fourth-order valence-corrected chi connectivity index (χ4v) is 4.30. The van der Waals surface area contributed by atoms with Gasteiger partial charge < -0.3 is 10.6 Å². The third kappa shape index (κ3) is 2.41. The summed E-state index contributed by atoms with van der Waals surface area (Å²) in [4.78, 5) is 2.54. The normalized spacial score (nSPS) is 21.7. The summed E-state index contributed by atoms with van der Waals surface area (Å²) in [6.45, 7) is 3.71. The minimum atomic E-state index is -3.20. The van der Waals surface area contributed by atoms with Gasteiger partial charge in [0.2, 0.25) is 0 Å². The number of nitrogens with two attached hydrogens (primary N) is 1. The lowest BCUT2D eigenvalue weighted by molar-refractivity contribution is 0.571. The van der Waals surface area contributed by atoms with Gasteiger partial charge in [-0.15, -0.1) is 0 Å². The van der Waals surface area contributed by atoms with Gasteiger partial charge in [0.05, 0.1) is 15.8 Å². The van der Waals surface area contributed by atoms with Crippen molar-refractivity contribution < 1.29 is 8.42 Å². The zero-order valence-electron chi connectivity index (χ0n) is 10.3. The maximum absolute atomic E-state index is 12.3. The Bertz CT molecular complexity index is 545. The second kappa shape index (κ2) is 5.19. The summed E-state index contributed by atoms with van der Waals surface area (Å²) in [6.07, 6.45) is 0.863. The van der Waals surface area contributed by atoms with E-state index in [1.54, 1.807) is 13.0 Å². The largest absolute Gasteiger partial charge is 0.369 e. The molecular weight excluding hydrogens is 316 g/mol. The van der Waals surface area contributed by atoms with Gasteiger partial charge in [0.25, 0.3) is 0 Å². The van der Waals surface area contributed by atoms with Crippen LogP contribution in [0.25, 0.3) is 0 Å². The first-order valence-electron chi connectivity index (χ1n) is 5.95. The second-order valence-corrected chi connectivity index (χ2v) is 7.81. The Balaban J connectivity index is 2.48. The van der Waals surface area contributed by atoms with Gasteiger partial charge in [0.1, 0.15) is 0 Å². The second-order valence-electron chi connectivity index (χ2n) is 4.56. The highest BCUT2D eigenvalue weighted by molar-refractivity contribution is 9.10. The van der Waals surface area contributed by atoms with Crippen molar-refractivity contribution in [1.29, 1.82) is 0 Å². The average Bonchev–Trinajstić information content (AvgIpc) is 2.33. The van der Waals surface area contributed by atoms with Gasteiger partial charge >= 0.3 is 0 Å². The van der Waals surface area contributed by atoms with Crippen molar-refractivity contribution in [3.05, 3.63) is 22.7 Å². The van der Waals surface area contributed by atoms with E-state index in [1.165, 1.54) is 0 Å². The molecule has 1 aliphatic rings. The Morgan fingerprint density at radius 1 is 1.50 bits per heavy atom. The minimum Gasteiger partial charge on any atom is -0.369 e. The molecule has 0 saturated heterocycles. The number of rotatable bonds is 3. The van der Waals surface area contributed by atoms with Crippen molar-refractivity contribution >= 4 is 31.5 Å². The Kier molecular flexibility index (Phi) is 3.99. The van der Waals surface area contributed by atoms with E-state index in [1.807, 2.05) is 12.1 Å². The molecule has 18 heavy (non-hydrogen) atoms. The van der Waals surface area contributed by atoms with Crippen LogP contribution < -0.4 is 10.6 Å². The molecule has 1 unspecified atom stereocenters. The molecule has 6 heteroatoms. The van der Waals surface area contributed by atoms with Crippen molar-refractivity contribution in [2.45, 2.75) is 23.5 Å². The van der Waals surface area contributed by atoms with Gasteiger partial charge in [-0.25, -0.2) is 8.42 Å². The number of nitrogens with zero attached hydrogens (tertiary/aromatic N) is 1. The van der Waals surface area contributed by atoms with Crippen molar-refractivity contribution in [3.63, 3.8) is 0 Å². The molecule has 0 aliphatic carbocycles. The highest BCUT2D eigenvalue weighted by Crippen LogP contribution is 2.35. The Morgan fingerprint density at radius 3 is 2.89 bits per heavy atom. The zero-order valence-corrected chi connectivity index (χ0v) is 12.7. The molecule has 0 saturated carbocycles. The molecule has 1 aromatic rings. The number of hydrogen-bond acceptors (Lipinski definition) is 4. The van der Waals surface area contributed by atoms with Crippen LogP contribution in [0.15, 0.2) is 27.6 Å². The molecule has 1 aromatic carbocycles. The molecule has 0 radical (unpaired) electrons. The summed E-state index contributed by atoms with van der Waals surface area (Å²) in [7, 11) is -3.20. The van der Waals surface area contributed by atoms with Gasteiger partial charge in [-0.05, 0) is 38.1 Å². The summed E-state index contributed by atoms with van der Waals surface area (Å²) in [5.74, 6) is 0. The van der Waals surface area contributed by atoms with Crippen LogP contribution in [0.3, 0.4) is 0 Å². The molecule has 0 bridgehead atoms. The highest BCUT2D eigenvalue weighted by Gasteiger charge is 2.34. The van der Waals surface area contributed by atoms with E-state index in [0.717, 1.165) is 23.1 Å². The van der Waals surface area contributed by atoms with E-state index in [9.17, 15) is 8.42 Å². The monoisotopic (exact) mass is 332 g/mol. The number of sulfone groups is 1. The van der Waals surface area contributed by atoms with Gasteiger partial charge in [-0.3, -0.25) is 0 Å². The summed E-state index contributed by atoms with van der Waals surface area (Å²) < 4.78 is 25.4. The lowest BCUT2D eigenvalue weighted by Crippen LogP contribution is -2.41. The highest BCUT2D eigenvalue weighted by atomic mass is 79.9. The Labute approximate surface area is 116 Å². The predicted molar refractivity (Wildman–Crippen MR) is 76.7 cm³/mol. The molecule has 0 fully saturated rings. The SMILES string of the molecule is CC1CN(CCCN)c2ccc(Br)cc2S1(=O)=O. The van der Waals surface area contributed by atoms with Crippen LogP contribution in [0.4, 0.5) is 5.69 Å². The van der Waals surface area contributed by atoms with E-state index in [2.05, 4.69) is 20.8 Å². The van der Waals surface area contributed by atoms with Crippen LogP contribution in [0.5, 0.6) is 0 Å². The van der Waals surface area contributed by atoms with E-state index >= 15 is 0 Å². The van der Waals surface area contributed by atoms with Crippen LogP contribution in [0.1, 0.15) is 13.3 Å². The molecule has 100 valence electrons. The summed E-state index contributed by atoms with van der Waals surface area (Å²) in [5, 5.41) is -0.378. The molecule has 1 heterocycles. The number of halogens is 1. The van der Waals surface area contributed by atoms with Crippen LogP contribution in [-0.2, 0) is 9.84 Å². The van der Waals surface area contributed by atoms with Gasteiger partial charge in [0.15, 0.2) is 9.84 Å². The average molecular weight is 333 g/mol. The quantitative estimate of drug-likeness (QED) is 0.916. The van der Waals surface area contributed by atoms with E-state index in [0.29, 0.717) is 18.0 Å². The Morgan fingerprint density at radius 2 is 2.22 bits per heavy atom. The number of anilines is 1. The molecule has 1 atom stereocenters. The standard InChI is InChI=1S/C12H17BrN2O2S/c1-9-8-15(6-2-5-14)11-4-3-10(13)7-12(11)18(9,16)17/h3-4,7,9H,2,5-6,8,14H2,1H3. The number of fused-ring (bicyclic) bond motifs is 1. The molecule has 0 amide bonds. The Hall–Kier alpha value is -0.590. The molecule has 4 nitrogen and oxygen atoms in total. The van der Waals surface area contributed by atoms with Gasteiger partial charge in [-0.1, -0.05) is 15.9 Å².